The average molecular weight is 275 g/mol. The number of nitrogens with one attached hydrogen (secondary N) is 1. The highest BCUT2D eigenvalue weighted by atomic mass is 32.1. The number of anilines is 1. The summed E-state index contributed by atoms with van der Waals surface area (Å²) in [6.07, 6.45) is 2.68. The van der Waals surface area contributed by atoms with Crippen molar-refractivity contribution < 1.29 is 0 Å². The van der Waals surface area contributed by atoms with E-state index in [1.54, 1.807) is 6.20 Å². The standard InChI is InChI=1S/C13H17N5S/c1-9-7-10(13(14)19)8-12(17-9)15-5-3-11-4-6-16-18(11)2/h4,6-8H,3,5H2,1-2H3,(H2,14,19)(H,15,17). The van der Waals surface area contributed by atoms with E-state index in [-0.39, 0.29) is 0 Å². The van der Waals surface area contributed by atoms with Gasteiger partial charge in [-0.05, 0) is 25.1 Å². The molecule has 0 bridgehead atoms. The van der Waals surface area contributed by atoms with Crippen LogP contribution in [0.2, 0.25) is 0 Å². The molecule has 2 heterocycles. The van der Waals surface area contributed by atoms with Crippen LogP contribution in [0.1, 0.15) is 17.0 Å². The molecule has 0 spiro atoms. The number of aromatic nitrogens is 3. The first-order valence-corrected chi connectivity index (χ1v) is 6.46. The maximum absolute atomic E-state index is 5.64. The van der Waals surface area contributed by atoms with Crippen LogP contribution in [0.15, 0.2) is 24.4 Å². The smallest absolute Gasteiger partial charge is 0.126 e. The van der Waals surface area contributed by atoms with Crippen LogP contribution in [0.5, 0.6) is 0 Å². The average Bonchev–Trinajstić information content (AvgIpc) is 2.74. The van der Waals surface area contributed by atoms with Gasteiger partial charge in [-0.3, -0.25) is 4.68 Å². The predicted molar refractivity (Wildman–Crippen MR) is 80.3 cm³/mol. The van der Waals surface area contributed by atoms with Crippen molar-refractivity contribution in [2.75, 3.05) is 11.9 Å². The minimum atomic E-state index is 0.389. The molecule has 0 aromatic carbocycles. The molecular weight excluding hydrogens is 258 g/mol. The van der Waals surface area contributed by atoms with Gasteiger partial charge in [-0.25, -0.2) is 4.98 Å². The molecule has 3 N–H and O–H groups in total. The molecule has 2 aromatic heterocycles. The van der Waals surface area contributed by atoms with Crippen LogP contribution in [-0.2, 0) is 13.5 Å². The maximum Gasteiger partial charge on any atom is 0.126 e. The quantitative estimate of drug-likeness (QED) is 0.808. The lowest BCUT2D eigenvalue weighted by Crippen LogP contribution is -2.13. The largest absolute Gasteiger partial charge is 0.389 e. The van der Waals surface area contributed by atoms with Crippen molar-refractivity contribution in [3.8, 4) is 0 Å². The first-order chi connectivity index (χ1) is 9.06. The van der Waals surface area contributed by atoms with E-state index in [1.165, 1.54) is 5.69 Å². The first-order valence-electron chi connectivity index (χ1n) is 6.05. The van der Waals surface area contributed by atoms with Gasteiger partial charge in [0, 0.05) is 43.2 Å². The van der Waals surface area contributed by atoms with Crippen LogP contribution in [0.3, 0.4) is 0 Å². The molecule has 0 fully saturated rings. The van der Waals surface area contributed by atoms with Gasteiger partial charge in [0.05, 0.1) is 0 Å². The molecule has 5 nitrogen and oxygen atoms in total. The molecule has 0 aliphatic carbocycles. The molecule has 0 saturated carbocycles. The normalized spacial score (nSPS) is 10.4. The van der Waals surface area contributed by atoms with Crippen molar-refractivity contribution in [3.63, 3.8) is 0 Å². The van der Waals surface area contributed by atoms with Crippen molar-refractivity contribution in [1.29, 1.82) is 0 Å². The van der Waals surface area contributed by atoms with Crippen molar-refractivity contribution in [2.45, 2.75) is 13.3 Å². The zero-order valence-electron chi connectivity index (χ0n) is 11.1. The first kappa shape index (κ1) is 13.5. The molecule has 2 rings (SSSR count). The lowest BCUT2D eigenvalue weighted by atomic mass is 10.2. The van der Waals surface area contributed by atoms with Gasteiger partial charge in [-0.15, -0.1) is 0 Å². The van der Waals surface area contributed by atoms with Gasteiger partial charge < -0.3 is 11.1 Å². The summed E-state index contributed by atoms with van der Waals surface area (Å²) < 4.78 is 1.87. The van der Waals surface area contributed by atoms with E-state index in [0.29, 0.717) is 4.99 Å². The summed E-state index contributed by atoms with van der Waals surface area (Å²) in [7, 11) is 1.94. The number of thiocarbonyl (C=S) groups is 1. The minimum Gasteiger partial charge on any atom is -0.389 e. The number of rotatable bonds is 5. The Morgan fingerprint density at radius 1 is 1.47 bits per heavy atom. The fourth-order valence-corrected chi connectivity index (χ4v) is 1.98. The van der Waals surface area contributed by atoms with E-state index in [1.807, 2.05) is 36.9 Å². The Balaban J connectivity index is 2.00. The van der Waals surface area contributed by atoms with Crippen molar-refractivity contribution in [3.05, 3.63) is 41.3 Å². The van der Waals surface area contributed by atoms with Crippen LogP contribution >= 0.6 is 12.2 Å². The summed E-state index contributed by atoms with van der Waals surface area (Å²) >= 11 is 4.99. The molecule has 0 unspecified atom stereocenters. The molecule has 6 heteroatoms. The van der Waals surface area contributed by atoms with Gasteiger partial charge >= 0.3 is 0 Å². The molecule has 0 saturated heterocycles. The predicted octanol–water partition coefficient (Wildman–Crippen LogP) is 1.41. The highest BCUT2D eigenvalue weighted by molar-refractivity contribution is 7.80. The summed E-state index contributed by atoms with van der Waals surface area (Å²) in [5.74, 6) is 0.796. The monoisotopic (exact) mass is 275 g/mol. The van der Waals surface area contributed by atoms with Gasteiger partial charge in [0.1, 0.15) is 10.8 Å². The van der Waals surface area contributed by atoms with E-state index in [4.69, 9.17) is 18.0 Å². The number of pyridine rings is 1. The number of nitrogens with zero attached hydrogens (tertiary/aromatic N) is 3. The Labute approximate surface area is 117 Å². The molecule has 0 aliphatic rings. The Morgan fingerprint density at radius 3 is 2.89 bits per heavy atom. The van der Waals surface area contributed by atoms with Gasteiger partial charge in [0.2, 0.25) is 0 Å². The number of hydrogen-bond donors (Lipinski definition) is 2. The third kappa shape index (κ3) is 3.51. The molecule has 0 atom stereocenters. The van der Waals surface area contributed by atoms with Crippen molar-refractivity contribution in [2.24, 2.45) is 12.8 Å². The number of nitrogens with two attached hydrogens (primary N) is 1. The maximum atomic E-state index is 5.64. The van der Waals surface area contributed by atoms with E-state index in [2.05, 4.69) is 15.4 Å². The Kier molecular flexibility index (Phi) is 4.11. The van der Waals surface area contributed by atoms with Gasteiger partial charge in [-0.2, -0.15) is 5.10 Å². The third-order valence-corrected chi connectivity index (χ3v) is 3.08. The summed E-state index contributed by atoms with van der Waals surface area (Å²) in [5, 5.41) is 7.41. The van der Waals surface area contributed by atoms with E-state index < -0.39 is 0 Å². The van der Waals surface area contributed by atoms with Gasteiger partial charge in [-0.1, -0.05) is 12.2 Å². The summed E-state index contributed by atoms with van der Waals surface area (Å²) in [4.78, 5) is 4.80. The Hall–Kier alpha value is -1.95. The summed E-state index contributed by atoms with van der Waals surface area (Å²) in [5.41, 5.74) is 8.55. The van der Waals surface area contributed by atoms with E-state index in [9.17, 15) is 0 Å². The Morgan fingerprint density at radius 2 is 2.26 bits per heavy atom. The van der Waals surface area contributed by atoms with Crippen LogP contribution in [-0.4, -0.2) is 26.3 Å². The SMILES string of the molecule is Cc1cc(C(N)=S)cc(NCCc2ccnn2C)n1. The minimum absolute atomic E-state index is 0.389. The van der Waals surface area contributed by atoms with Crippen molar-refractivity contribution >= 4 is 23.0 Å². The molecule has 0 amide bonds. The van der Waals surface area contributed by atoms with Crippen molar-refractivity contribution in [1.82, 2.24) is 14.8 Å². The topological polar surface area (TPSA) is 68.8 Å². The lowest BCUT2D eigenvalue weighted by Gasteiger charge is -2.08. The van der Waals surface area contributed by atoms with Gasteiger partial charge in [0.25, 0.3) is 0 Å². The van der Waals surface area contributed by atoms with Crippen LogP contribution < -0.4 is 11.1 Å². The molecule has 0 aliphatic heterocycles. The van der Waals surface area contributed by atoms with E-state index >= 15 is 0 Å². The number of aryl methyl sites for hydroxylation is 2. The van der Waals surface area contributed by atoms with Crippen LogP contribution in [0.25, 0.3) is 0 Å². The molecule has 100 valence electrons. The van der Waals surface area contributed by atoms with Crippen LogP contribution in [0, 0.1) is 6.92 Å². The second-order valence-electron chi connectivity index (χ2n) is 4.37. The summed E-state index contributed by atoms with van der Waals surface area (Å²) in [6.45, 7) is 2.71. The highest BCUT2D eigenvalue weighted by Gasteiger charge is 2.03. The third-order valence-electron chi connectivity index (χ3n) is 2.85. The molecule has 0 radical (unpaired) electrons. The Bertz CT molecular complexity index is 590. The zero-order valence-corrected chi connectivity index (χ0v) is 11.9. The number of hydrogen-bond acceptors (Lipinski definition) is 4. The lowest BCUT2D eigenvalue weighted by molar-refractivity contribution is 0.711. The fraction of sp³-hybridized carbons (Fsp3) is 0.308. The highest BCUT2D eigenvalue weighted by Crippen LogP contribution is 2.10. The molecule has 2 aromatic rings. The summed E-state index contributed by atoms with van der Waals surface area (Å²) in [6, 6.07) is 5.76. The molecular formula is C13H17N5S. The van der Waals surface area contributed by atoms with E-state index in [0.717, 1.165) is 30.0 Å². The van der Waals surface area contributed by atoms with Gasteiger partial charge in [0.15, 0.2) is 0 Å². The second kappa shape index (κ2) is 5.79. The zero-order chi connectivity index (χ0) is 13.8. The van der Waals surface area contributed by atoms with Crippen LogP contribution in [0.4, 0.5) is 5.82 Å². The fourth-order valence-electron chi connectivity index (χ4n) is 1.87. The molecule has 19 heavy (non-hydrogen) atoms. The second-order valence-corrected chi connectivity index (χ2v) is 4.81.